The summed E-state index contributed by atoms with van der Waals surface area (Å²) in [6.45, 7) is 0.713. The molecule has 1 aliphatic carbocycles. The molecule has 1 unspecified atom stereocenters. The molecule has 0 amide bonds. The lowest BCUT2D eigenvalue weighted by Gasteiger charge is -2.15. The van der Waals surface area contributed by atoms with E-state index in [0.29, 0.717) is 24.1 Å². The van der Waals surface area contributed by atoms with Crippen molar-refractivity contribution in [2.75, 3.05) is 12.1 Å². The molecule has 18 heavy (non-hydrogen) atoms. The van der Waals surface area contributed by atoms with E-state index < -0.39 is 0 Å². The Bertz CT molecular complexity index is 597. The Balaban J connectivity index is 1.98. The fraction of sp³-hybridized carbons (Fsp3) is 0.500. The van der Waals surface area contributed by atoms with Crippen molar-refractivity contribution in [1.82, 2.24) is 19.5 Å². The lowest BCUT2D eigenvalue weighted by Crippen LogP contribution is -2.21. The lowest BCUT2D eigenvalue weighted by molar-refractivity contribution is 0.0541. The molecular weight excluding hydrogens is 273 g/mol. The molecule has 6 nitrogen and oxygen atoms in total. The molecule has 2 aromatic heterocycles. The third-order valence-electron chi connectivity index (χ3n) is 3.09. The van der Waals surface area contributed by atoms with Crippen LogP contribution in [0.15, 0.2) is 6.33 Å². The first-order valence-electron chi connectivity index (χ1n) is 5.61. The Hall–Kier alpha value is -0.970. The SMILES string of the molecule is Nc1nc(Cl)c2ncn(CC3(OCP)CC3)c2n1. The third kappa shape index (κ3) is 2.05. The van der Waals surface area contributed by atoms with Gasteiger partial charge in [-0.05, 0) is 12.8 Å². The molecule has 1 saturated carbocycles. The van der Waals surface area contributed by atoms with Gasteiger partial charge in [0, 0.05) is 0 Å². The lowest BCUT2D eigenvalue weighted by atomic mass is 10.3. The average Bonchev–Trinajstić information content (AvgIpc) is 2.94. The van der Waals surface area contributed by atoms with Crippen molar-refractivity contribution in [2.45, 2.75) is 25.0 Å². The van der Waals surface area contributed by atoms with E-state index in [0.717, 1.165) is 12.8 Å². The van der Waals surface area contributed by atoms with E-state index in [4.69, 9.17) is 22.1 Å². The quantitative estimate of drug-likeness (QED) is 0.679. The maximum absolute atomic E-state index is 5.98. The van der Waals surface area contributed by atoms with Crippen molar-refractivity contribution in [3.8, 4) is 0 Å². The molecule has 8 heteroatoms. The van der Waals surface area contributed by atoms with Crippen LogP contribution in [0.2, 0.25) is 5.15 Å². The van der Waals surface area contributed by atoms with Gasteiger partial charge in [-0.15, -0.1) is 9.24 Å². The van der Waals surface area contributed by atoms with Crippen molar-refractivity contribution in [3.63, 3.8) is 0 Å². The van der Waals surface area contributed by atoms with Gasteiger partial charge in [0.15, 0.2) is 10.8 Å². The number of ether oxygens (including phenoxy) is 1. The molecule has 2 heterocycles. The normalized spacial score (nSPS) is 17.2. The number of nitrogen functional groups attached to an aromatic ring is 1. The van der Waals surface area contributed by atoms with E-state index in [1.807, 2.05) is 4.57 Å². The predicted octanol–water partition coefficient (Wildman–Crippen LogP) is 1.44. The van der Waals surface area contributed by atoms with Crippen molar-refractivity contribution in [1.29, 1.82) is 0 Å². The average molecular weight is 286 g/mol. The van der Waals surface area contributed by atoms with Crippen molar-refractivity contribution >= 4 is 38.0 Å². The van der Waals surface area contributed by atoms with Crippen LogP contribution in [0.25, 0.3) is 11.2 Å². The molecule has 2 N–H and O–H groups in total. The number of halogens is 1. The van der Waals surface area contributed by atoms with E-state index >= 15 is 0 Å². The number of hydrogen-bond donors (Lipinski definition) is 1. The zero-order valence-corrected chi connectivity index (χ0v) is 11.5. The summed E-state index contributed by atoms with van der Waals surface area (Å²) in [6, 6.07) is 0. The van der Waals surface area contributed by atoms with Crippen LogP contribution < -0.4 is 5.73 Å². The summed E-state index contributed by atoms with van der Waals surface area (Å²) >= 11 is 5.98. The monoisotopic (exact) mass is 285 g/mol. The first-order chi connectivity index (χ1) is 8.63. The zero-order valence-electron chi connectivity index (χ0n) is 9.64. The van der Waals surface area contributed by atoms with Crippen LogP contribution in [0.4, 0.5) is 5.95 Å². The summed E-state index contributed by atoms with van der Waals surface area (Å²) in [7, 11) is 2.57. The maximum Gasteiger partial charge on any atom is 0.223 e. The van der Waals surface area contributed by atoms with E-state index in [2.05, 4.69) is 24.2 Å². The van der Waals surface area contributed by atoms with Gasteiger partial charge in [0.2, 0.25) is 5.95 Å². The number of fused-ring (bicyclic) bond motifs is 1. The molecule has 96 valence electrons. The molecular formula is C10H13ClN5OP. The molecule has 2 aromatic rings. The van der Waals surface area contributed by atoms with Gasteiger partial charge in [-0.3, -0.25) is 0 Å². The third-order valence-corrected chi connectivity index (χ3v) is 3.52. The Morgan fingerprint density at radius 2 is 2.28 bits per heavy atom. The minimum atomic E-state index is -0.0818. The molecule has 0 saturated heterocycles. The van der Waals surface area contributed by atoms with Gasteiger partial charge in [-0.25, -0.2) is 4.98 Å². The number of nitrogens with zero attached hydrogens (tertiary/aromatic N) is 4. The van der Waals surface area contributed by atoms with Gasteiger partial charge in [-0.1, -0.05) is 11.6 Å². The van der Waals surface area contributed by atoms with E-state index in [9.17, 15) is 0 Å². The fourth-order valence-corrected chi connectivity index (χ4v) is 2.59. The Morgan fingerprint density at radius 1 is 1.50 bits per heavy atom. The molecule has 0 radical (unpaired) electrons. The first-order valence-corrected chi connectivity index (χ1v) is 6.81. The highest BCUT2D eigenvalue weighted by Crippen LogP contribution is 2.42. The molecule has 3 rings (SSSR count). The Morgan fingerprint density at radius 3 is 2.94 bits per heavy atom. The van der Waals surface area contributed by atoms with Crippen LogP contribution in [-0.2, 0) is 11.3 Å². The van der Waals surface area contributed by atoms with Crippen molar-refractivity contribution < 1.29 is 4.74 Å². The second-order valence-corrected chi connectivity index (χ2v) is 5.10. The molecule has 1 aliphatic rings. The van der Waals surface area contributed by atoms with Gasteiger partial charge >= 0.3 is 0 Å². The zero-order chi connectivity index (χ0) is 12.8. The highest BCUT2D eigenvalue weighted by molar-refractivity contribution is 7.16. The minimum absolute atomic E-state index is 0.0818. The molecule has 1 fully saturated rings. The summed E-state index contributed by atoms with van der Waals surface area (Å²) in [4.78, 5) is 12.3. The highest BCUT2D eigenvalue weighted by atomic mass is 35.5. The molecule has 1 atom stereocenters. The van der Waals surface area contributed by atoms with Crippen LogP contribution in [-0.4, -0.2) is 31.5 Å². The number of anilines is 1. The topological polar surface area (TPSA) is 78.8 Å². The van der Waals surface area contributed by atoms with E-state index in [-0.39, 0.29) is 16.7 Å². The number of rotatable bonds is 4. The summed E-state index contributed by atoms with van der Waals surface area (Å²) < 4.78 is 7.65. The van der Waals surface area contributed by atoms with Gasteiger partial charge in [0.25, 0.3) is 0 Å². The Labute approximate surface area is 111 Å². The number of hydrogen-bond acceptors (Lipinski definition) is 5. The highest BCUT2D eigenvalue weighted by Gasteiger charge is 2.44. The first kappa shape index (κ1) is 12.1. The van der Waals surface area contributed by atoms with Crippen molar-refractivity contribution in [3.05, 3.63) is 11.5 Å². The van der Waals surface area contributed by atoms with Gasteiger partial charge in [0.05, 0.1) is 24.8 Å². The summed E-state index contributed by atoms with van der Waals surface area (Å²) in [5, 5.41) is 0.285. The van der Waals surface area contributed by atoms with Gasteiger partial charge in [0.1, 0.15) is 5.52 Å². The standard InChI is InChI=1S/C10H13ClN5OP/c11-7-6-8(15-9(12)14-7)16(4-13-6)3-10(1-2-10)17-5-18/h4H,1-3,5,18H2,(H2,12,14,15). The predicted molar refractivity (Wildman–Crippen MR) is 72.4 cm³/mol. The number of aromatic nitrogens is 4. The second kappa shape index (κ2) is 4.30. The summed E-state index contributed by atoms with van der Waals surface area (Å²) in [6.07, 6.45) is 4.44. The van der Waals surface area contributed by atoms with Crippen LogP contribution in [0, 0.1) is 0 Å². The summed E-state index contributed by atoms with van der Waals surface area (Å²) in [5.74, 6) is 0.158. The van der Waals surface area contributed by atoms with E-state index in [1.54, 1.807) is 6.33 Å². The molecule has 0 aromatic carbocycles. The number of imidazole rings is 1. The number of nitrogens with two attached hydrogens (primary N) is 1. The fourth-order valence-electron chi connectivity index (χ4n) is 2.02. The molecule has 0 aliphatic heterocycles. The van der Waals surface area contributed by atoms with Crippen LogP contribution in [0.5, 0.6) is 0 Å². The van der Waals surface area contributed by atoms with Crippen LogP contribution in [0.3, 0.4) is 0 Å². The summed E-state index contributed by atoms with van der Waals surface area (Å²) in [5.41, 5.74) is 6.76. The van der Waals surface area contributed by atoms with Gasteiger partial charge < -0.3 is 15.0 Å². The molecule has 0 spiro atoms. The minimum Gasteiger partial charge on any atom is -0.369 e. The van der Waals surface area contributed by atoms with Crippen LogP contribution >= 0.6 is 20.8 Å². The largest absolute Gasteiger partial charge is 0.369 e. The second-order valence-electron chi connectivity index (χ2n) is 4.41. The maximum atomic E-state index is 5.98. The Kier molecular flexibility index (Phi) is 2.88. The van der Waals surface area contributed by atoms with E-state index in [1.165, 1.54) is 0 Å². The van der Waals surface area contributed by atoms with Crippen molar-refractivity contribution in [2.24, 2.45) is 0 Å². The smallest absolute Gasteiger partial charge is 0.223 e. The van der Waals surface area contributed by atoms with Crippen LogP contribution in [0.1, 0.15) is 12.8 Å². The molecule has 0 bridgehead atoms. The van der Waals surface area contributed by atoms with Gasteiger partial charge in [-0.2, -0.15) is 9.97 Å².